The first kappa shape index (κ1) is 13.9. The molecule has 4 rings (SSSR count). The average molecular weight is 303 g/mol. The van der Waals surface area contributed by atoms with Crippen molar-refractivity contribution in [2.24, 2.45) is 5.92 Å². The number of piperidine rings is 1. The normalized spacial score (nSPS) is 27.6. The number of likely N-dealkylation sites (tertiary alicyclic amines) is 1. The number of benzene rings is 1. The average Bonchev–Trinajstić information content (AvgIpc) is 2.92. The van der Waals surface area contributed by atoms with Crippen LogP contribution in [0.2, 0.25) is 0 Å². The molecule has 5 heteroatoms. The smallest absolute Gasteiger partial charge is 0.231 e. The lowest BCUT2D eigenvalue weighted by atomic mass is 9.82. The van der Waals surface area contributed by atoms with Crippen LogP contribution in [-0.2, 0) is 4.79 Å². The first-order chi connectivity index (χ1) is 10.7. The number of carbonyl (C=O) groups is 1. The maximum Gasteiger partial charge on any atom is 0.231 e. The third kappa shape index (κ3) is 2.33. The lowest BCUT2D eigenvalue weighted by molar-refractivity contribution is -0.141. The number of amides is 1. The van der Waals surface area contributed by atoms with E-state index in [1.165, 1.54) is 0 Å². The zero-order valence-electron chi connectivity index (χ0n) is 12.5. The van der Waals surface area contributed by atoms with Crippen molar-refractivity contribution < 1.29 is 19.4 Å². The van der Waals surface area contributed by atoms with Gasteiger partial charge < -0.3 is 19.5 Å². The fourth-order valence-electron chi connectivity index (χ4n) is 3.58. The lowest BCUT2D eigenvalue weighted by Gasteiger charge is -2.39. The van der Waals surface area contributed by atoms with Crippen LogP contribution < -0.4 is 9.47 Å². The molecular weight excluding hydrogens is 282 g/mol. The highest BCUT2D eigenvalue weighted by atomic mass is 16.7. The summed E-state index contributed by atoms with van der Waals surface area (Å²) in [5.74, 6) is 2.00. The number of aliphatic hydroxyl groups excluding tert-OH is 1. The van der Waals surface area contributed by atoms with Gasteiger partial charge >= 0.3 is 0 Å². The van der Waals surface area contributed by atoms with Gasteiger partial charge in [0.25, 0.3) is 0 Å². The van der Waals surface area contributed by atoms with Gasteiger partial charge in [0.15, 0.2) is 11.5 Å². The number of aliphatic hydroxyl groups is 1. The zero-order chi connectivity index (χ0) is 15.1. The number of ether oxygens (including phenoxy) is 2. The van der Waals surface area contributed by atoms with E-state index in [0.717, 1.165) is 49.3 Å². The van der Waals surface area contributed by atoms with Crippen molar-refractivity contribution in [3.63, 3.8) is 0 Å². The third-order valence-corrected chi connectivity index (χ3v) is 5.17. The van der Waals surface area contributed by atoms with Gasteiger partial charge in [-0.25, -0.2) is 0 Å². The summed E-state index contributed by atoms with van der Waals surface area (Å²) in [5, 5.41) is 10.5. The van der Waals surface area contributed by atoms with E-state index < -0.39 is 6.10 Å². The standard InChI is InChI=1S/C17H21NO4/c19-14-9-18(17(20)11-2-1-3-11)7-6-13(14)12-4-5-15-16(8-12)22-10-21-15/h4-5,8,11,13-14,19H,1-3,6-7,9-10H2/t13-,14+/m0/s1. The lowest BCUT2D eigenvalue weighted by Crippen LogP contribution is -2.48. The summed E-state index contributed by atoms with van der Waals surface area (Å²) in [6.45, 7) is 1.43. The molecule has 0 bridgehead atoms. The number of hydrogen-bond acceptors (Lipinski definition) is 4. The Kier molecular flexibility index (Phi) is 3.45. The van der Waals surface area contributed by atoms with E-state index in [4.69, 9.17) is 9.47 Å². The number of fused-ring (bicyclic) bond motifs is 1. The second-order valence-corrected chi connectivity index (χ2v) is 6.49. The fraction of sp³-hybridized carbons (Fsp3) is 0.588. The van der Waals surface area contributed by atoms with Crippen molar-refractivity contribution in [2.75, 3.05) is 19.9 Å². The number of nitrogens with zero attached hydrogens (tertiary/aromatic N) is 1. The predicted molar refractivity (Wildman–Crippen MR) is 79.9 cm³/mol. The summed E-state index contributed by atoms with van der Waals surface area (Å²) < 4.78 is 10.7. The summed E-state index contributed by atoms with van der Waals surface area (Å²) in [6.07, 6.45) is 3.46. The van der Waals surface area contributed by atoms with E-state index in [0.29, 0.717) is 6.54 Å². The van der Waals surface area contributed by atoms with Crippen molar-refractivity contribution >= 4 is 5.91 Å². The van der Waals surface area contributed by atoms with Crippen LogP contribution in [0.1, 0.15) is 37.2 Å². The van der Waals surface area contributed by atoms with Crippen LogP contribution in [0, 0.1) is 5.92 Å². The van der Waals surface area contributed by atoms with Crippen molar-refractivity contribution in [3.8, 4) is 11.5 Å². The van der Waals surface area contributed by atoms with Crippen molar-refractivity contribution in [1.29, 1.82) is 0 Å². The molecule has 1 saturated heterocycles. The molecular formula is C17H21NO4. The molecule has 2 heterocycles. The highest BCUT2D eigenvalue weighted by molar-refractivity contribution is 5.79. The van der Waals surface area contributed by atoms with Crippen molar-refractivity contribution in [2.45, 2.75) is 37.7 Å². The molecule has 1 aromatic rings. The minimum atomic E-state index is -0.516. The van der Waals surface area contributed by atoms with Crippen LogP contribution in [0.15, 0.2) is 18.2 Å². The Bertz CT molecular complexity index is 584. The first-order valence-electron chi connectivity index (χ1n) is 8.09. The molecule has 22 heavy (non-hydrogen) atoms. The molecule has 1 N–H and O–H groups in total. The van der Waals surface area contributed by atoms with Gasteiger partial charge in [0.05, 0.1) is 6.10 Å². The summed E-state index contributed by atoms with van der Waals surface area (Å²) in [6, 6.07) is 5.85. The van der Waals surface area contributed by atoms with Gasteiger partial charge in [-0.2, -0.15) is 0 Å². The number of β-amino-alcohol motifs (C(OH)–C–C–N with tert-alkyl or cyclic N) is 1. The Morgan fingerprint density at radius 2 is 2.00 bits per heavy atom. The molecule has 1 saturated carbocycles. The minimum absolute atomic E-state index is 0.0555. The highest BCUT2D eigenvalue weighted by Gasteiger charge is 2.36. The Hall–Kier alpha value is -1.75. The molecule has 1 aromatic carbocycles. The Balaban J connectivity index is 1.45. The zero-order valence-corrected chi connectivity index (χ0v) is 12.5. The molecule has 1 aliphatic carbocycles. The Labute approximate surface area is 129 Å². The van der Waals surface area contributed by atoms with E-state index in [1.807, 2.05) is 23.1 Å². The summed E-state index contributed by atoms with van der Waals surface area (Å²) in [5.41, 5.74) is 1.06. The molecule has 0 aromatic heterocycles. The molecule has 3 aliphatic rings. The van der Waals surface area contributed by atoms with Gasteiger partial charge in [-0.15, -0.1) is 0 Å². The van der Waals surface area contributed by atoms with Gasteiger partial charge in [-0.05, 0) is 37.0 Å². The Morgan fingerprint density at radius 3 is 2.73 bits per heavy atom. The Morgan fingerprint density at radius 1 is 1.18 bits per heavy atom. The quantitative estimate of drug-likeness (QED) is 0.906. The van der Waals surface area contributed by atoms with Gasteiger partial charge in [0.1, 0.15) is 0 Å². The van der Waals surface area contributed by atoms with Gasteiger partial charge in [0, 0.05) is 24.9 Å². The van der Waals surface area contributed by atoms with E-state index >= 15 is 0 Å². The molecule has 0 spiro atoms. The number of carbonyl (C=O) groups excluding carboxylic acids is 1. The summed E-state index contributed by atoms with van der Waals surface area (Å²) in [4.78, 5) is 14.1. The molecule has 118 valence electrons. The monoisotopic (exact) mass is 303 g/mol. The number of rotatable bonds is 2. The third-order valence-electron chi connectivity index (χ3n) is 5.17. The molecule has 5 nitrogen and oxygen atoms in total. The molecule has 0 unspecified atom stereocenters. The van der Waals surface area contributed by atoms with E-state index in [-0.39, 0.29) is 24.5 Å². The van der Waals surface area contributed by atoms with Crippen LogP contribution >= 0.6 is 0 Å². The van der Waals surface area contributed by atoms with E-state index in [2.05, 4.69) is 0 Å². The van der Waals surface area contributed by atoms with Gasteiger partial charge in [-0.1, -0.05) is 12.5 Å². The molecule has 2 atom stereocenters. The van der Waals surface area contributed by atoms with Crippen LogP contribution in [0.4, 0.5) is 0 Å². The van der Waals surface area contributed by atoms with E-state index in [1.54, 1.807) is 0 Å². The van der Waals surface area contributed by atoms with Gasteiger partial charge in [0.2, 0.25) is 12.7 Å². The van der Waals surface area contributed by atoms with Crippen LogP contribution in [0.3, 0.4) is 0 Å². The van der Waals surface area contributed by atoms with Crippen LogP contribution in [-0.4, -0.2) is 41.9 Å². The molecule has 2 aliphatic heterocycles. The maximum absolute atomic E-state index is 12.3. The van der Waals surface area contributed by atoms with Gasteiger partial charge in [-0.3, -0.25) is 4.79 Å². The first-order valence-corrected chi connectivity index (χ1v) is 8.09. The summed E-state index contributed by atoms with van der Waals surface area (Å²) >= 11 is 0. The van der Waals surface area contributed by atoms with Crippen molar-refractivity contribution in [1.82, 2.24) is 4.90 Å². The number of hydrogen-bond donors (Lipinski definition) is 1. The molecule has 2 fully saturated rings. The van der Waals surface area contributed by atoms with Crippen molar-refractivity contribution in [3.05, 3.63) is 23.8 Å². The highest BCUT2D eigenvalue weighted by Crippen LogP contribution is 2.38. The molecule has 1 amide bonds. The topological polar surface area (TPSA) is 59.0 Å². The van der Waals surface area contributed by atoms with Crippen LogP contribution in [0.25, 0.3) is 0 Å². The van der Waals surface area contributed by atoms with Crippen LogP contribution in [0.5, 0.6) is 11.5 Å². The largest absolute Gasteiger partial charge is 0.454 e. The fourth-order valence-corrected chi connectivity index (χ4v) is 3.58. The summed E-state index contributed by atoms with van der Waals surface area (Å²) in [7, 11) is 0. The van der Waals surface area contributed by atoms with E-state index in [9.17, 15) is 9.90 Å². The second-order valence-electron chi connectivity index (χ2n) is 6.49. The predicted octanol–water partition coefficient (Wildman–Crippen LogP) is 1.89. The maximum atomic E-state index is 12.3. The minimum Gasteiger partial charge on any atom is -0.454 e. The second kappa shape index (κ2) is 5.47. The molecule has 0 radical (unpaired) electrons. The SMILES string of the molecule is O=C(C1CCC1)N1CC[C@@H](c2ccc3c(c2)OCO3)[C@H](O)C1.